The topological polar surface area (TPSA) is 58.3 Å². The van der Waals surface area contributed by atoms with Crippen LogP contribution in [0.4, 0.5) is 17.5 Å². The highest BCUT2D eigenvalue weighted by Gasteiger charge is 2.11. The molecule has 0 amide bonds. The van der Waals surface area contributed by atoms with E-state index in [0.717, 1.165) is 24.5 Å². The van der Waals surface area contributed by atoms with Gasteiger partial charge in [0.05, 0.1) is 0 Å². The molecule has 5 nitrogen and oxygen atoms in total. The number of hydrogen-bond acceptors (Lipinski definition) is 5. The van der Waals surface area contributed by atoms with Crippen LogP contribution in [0.3, 0.4) is 0 Å². The molecule has 0 bridgehead atoms. The molecule has 2 rings (SSSR count). The van der Waals surface area contributed by atoms with E-state index in [2.05, 4.69) is 27.0 Å². The molecule has 106 valence electrons. The maximum absolute atomic E-state index is 5.64. The van der Waals surface area contributed by atoms with Gasteiger partial charge in [0.2, 0.25) is 5.95 Å². The summed E-state index contributed by atoms with van der Waals surface area (Å²) in [5.41, 5.74) is 6.76. The first kappa shape index (κ1) is 14.3. The lowest BCUT2D eigenvalue weighted by Gasteiger charge is -2.24. The average molecular weight is 271 g/mol. The van der Waals surface area contributed by atoms with E-state index in [9.17, 15) is 0 Å². The lowest BCUT2D eigenvalue weighted by Crippen LogP contribution is -2.23. The standard InChI is InChI=1S/C15H21N5/c1-19(2)15-17-11-9-14(18-15)20(12-6-10-16)13-7-4-3-5-8-13/h3-5,7-9,11H,6,10,12,16H2,1-2H3. The van der Waals surface area contributed by atoms with Crippen molar-refractivity contribution >= 4 is 17.5 Å². The molecular formula is C15H21N5. The predicted octanol–water partition coefficient (Wildman–Crippen LogP) is 2.03. The Bertz CT molecular complexity index is 527. The van der Waals surface area contributed by atoms with Crippen LogP contribution in [0.1, 0.15) is 6.42 Å². The fraction of sp³-hybridized carbons (Fsp3) is 0.333. The molecule has 0 aliphatic carbocycles. The molecule has 0 saturated carbocycles. The Morgan fingerprint density at radius 2 is 1.85 bits per heavy atom. The third-order valence-electron chi connectivity index (χ3n) is 2.96. The summed E-state index contributed by atoms with van der Waals surface area (Å²) in [6.07, 6.45) is 2.70. The van der Waals surface area contributed by atoms with Crippen molar-refractivity contribution in [2.24, 2.45) is 5.73 Å². The highest BCUT2D eigenvalue weighted by Crippen LogP contribution is 2.24. The molecule has 1 heterocycles. The number of hydrogen-bond donors (Lipinski definition) is 1. The molecule has 20 heavy (non-hydrogen) atoms. The molecule has 5 heteroatoms. The molecule has 0 aliphatic heterocycles. The summed E-state index contributed by atoms with van der Waals surface area (Å²) in [4.78, 5) is 12.9. The van der Waals surface area contributed by atoms with Gasteiger partial charge in [-0.05, 0) is 31.2 Å². The minimum absolute atomic E-state index is 0.662. The number of nitrogens with zero attached hydrogens (tertiary/aromatic N) is 4. The van der Waals surface area contributed by atoms with Crippen LogP contribution in [-0.4, -0.2) is 37.2 Å². The van der Waals surface area contributed by atoms with Crippen LogP contribution in [0.2, 0.25) is 0 Å². The second-order valence-corrected chi connectivity index (χ2v) is 4.74. The van der Waals surface area contributed by atoms with Gasteiger partial charge >= 0.3 is 0 Å². The van der Waals surface area contributed by atoms with Crippen molar-refractivity contribution in [3.8, 4) is 0 Å². The molecule has 1 aromatic heterocycles. The Balaban J connectivity index is 2.33. The van der Waals surface area contributed by atoms with E-state index in [-0.39, 0.29) is 0 Å². The van der Waals surface area contributed by atoms with Gasteiger partial charge in [0.25, 0.3) is 0 Å². The Labute approximate surface area is 120 Å². The molecule has 0 radical (unpaired) electrons. The van der Waals surface area contributed by atoms with Gasteiger partial charge in [0.1, 0.15) is 5.82 Å². The fourth-order valence-corrected chi connectivity index (χ4v) is 1.94. The zero-order chi connectivity index (χ0) is 14.4. The zero-order valence-corrected chi connectivity index (χ0v) is 12.0. The summed E-state index contributed by atoms with van der Waals surface area (Å²) in [6.45, 7) is 1.50. The summed E-state index contributed by atoms with van der Waals surface area (Å²) in [7, 11) is 3.87. The van der Waals surface area contributed by atoms with Crippen molar-refractivity contribution in [3.63, 3.8) is 0 Å². The minimum Gasteiger partial charge on any atom is -0.347 e. The summed E-state index contributed by atoms with van der Waals surface area (Å²) in [5, 5.41) is 0. The maximum atomic E-state index is 5.64. The highest BCUT2D eigenvalue weighted by atomic mass is 15.3. The normalized spacial score (nSPS) is 10.3. The first-order valence-electron chi connectivity index (χ1n) is 6.75. The number of para-hydroxylation sites is 1. The summed E-state index contributed by atoms with van der Waals surface area (Å²) in [5.74, 6) is 1.60. The van der Waals surface area contributed by atoms with E-state index in [1.807, 2.05) is 43.3 Å². The monoisotopic (exact) mass is 271 g/mol. The number of rotatable bonds is 6. The number of anilines is 3. The Morgan fingerprint density at radius 3 is 2.50 bits per heavy atom. The van der Waals surface area contributed by atoms with E-state index in [1.165, 1.54) is 0 Å². The second kappa shape index (κ2) is 6.86. The molecular weight excluding hydrogens is 250 g/mol. The van der Waals surface area contributed by atoms with E-state index >= 15 is 0 Å². The molecule has 1 aromatic carbocycles. The number of benzene rings is 1. The molecule has 2 aromatic rings. The van der Waals surface area contributed by atoms with E-state index in [1.54, 1.807) is 6.20 Å². The molecule has 0 fully saturated rings. The Morgan fingerprint density at radius 1 is 1.10 bits per heavy atom. The van der Waals surface area contributed by atoms with E-state index in [4.69, 9.17) is 5.73 Å². The number of aromatic nitrogens is 2. The third-order valence-corrected chi connectivity index (χ3v) is 2.96. The van der Waals surface area contributed by atoms with Crippen molar-refractivity contribution < 1.29 is 0 Å². The molecule has 0 unspecified atom stereocenters. The summed E-state index contributed by atoms with van der Waals surface area (Å²) in [6, 6.07) is 12.1. The summed E-state index contributed by atoms with van der Waals surface area (Å²) < 4.78 is 0. The molecule has 0 saturated heterocycles. The quantitative estimate of drug-likeness (QED) is 0.871. The fourth-order valence-electron chi connectivity index (χ4n) is 1.94. The van der Waals surface area contributed by atoms with Crippen LogP contribution < -0.4 is 15.5 Å². The van der Waals surface area contributed by atoms with Crippen molar-refractivity contribution in [3.05, 3.63) is 42.6 Å². The molecule has 0 atom stereocenters. The van der Waals surface area contributed by atoms with Gasteiger partial charge in [0, 0.05) is 32.5 Å². The van der Waals surface area contributed by atoms with Crippen LogP contribution >= 0.6 is 0 Å². The van der Waals surface area contributed by atoms with Gasteiger partial charge in [-0.3, -0.25) is 0 Å². The Kier molecular flexibility index (Phi) is 4.90. The first-order valence-corrected chi connectivity index (χ1v) is 6.75. The third kappa shape index (κ3) is 3.45. The van der Waals surface area contributed by atoms with Crippen LogP contribution in [0.5, 0.6) is 0 Å². The van der Waals surface area contributed by atoms with E-state index in [0.29, 0.717) is 12.5 Å². The van der Waals surface area contributed by atoms with Gasteiger partial charge in [-0.1, -0.05) is 18.2 Å². The van der Waals surface area contributed by atoms with Crippen LogP contribution in [0.15, 0.2) is 42.6 Å². The van der Waals surface area contributed by atoms with Crippen molar-refractivity contribution in [1.29, 1.82) is 0 Å². The SMILES string of the molecule is CN(C)c1nccc(N(CCCN)c2ccccc2)n1. The van der Waals surface area contributed by atoms with Crippen LogP contribution in [0.25, 0.3) is 0 Å². The molecule has 0 spiro atoms. The predicted molar refractivity (Wildman–Crippen MR) is 83.5 cm³/mol. The van der Waals surface area contributed by atoms with Gasteiger partial charge in [-0.15, -0.1) is 0 Å². The summed E-state index contributed by atoms with van der Waals surface area (Å²) >= 11 is 0. The lowest BCUT2D eigenvalue weighted by atomic mass is 10.2. The minimum atomic E-state index is 0.662. The maximum Gasteiger partial charge on any atom is 0.226 e. The zero-order valence-electron chi connectivity index (χ0n) is 12.0. The lowest BCUT2D eigenvalue weighted by molar-refractivity contribution is 0.807. The molecule has 2 N–H and O–H groups in total. The van der Waals surface area contributed by atoms with Crippen molar-refractivity contribution in [2.75, 3.05) is 37.0 Å². The first-order chi connectivity index (χ1) is 9.72. The van der Waals surface area contributed by atoms with E-state index < -0.39 is 0 Å². The van der Waals surface area contributed by atoms with Crippen LogP contribution in [-0.2, 0) is 0 Å². The smallest absolute Gasteiger partial charge is 0.226 e. The van der Waals surface area contributed by atoms with Crippen molar-refractivity contribution in [2.45, 2.75) is 6.42 Å². The molecule has 0 aliphatic rings. The van der Waals surface area contributed by atoms with Crippen LogP contribution in [0, 0.1) is 0 Å². The van der Waals surface area contributed by atoms with Gasteiger partial charge in [-0.25, -0.2) is 4.98 Å². The Hall–Kier alpha value is -2.14. The van der Waals surface area contributed by atoms with Gasteiger partial charge in [0.15, 0.2) is 0 Å². The highest BCUT2D eigenvalue weighted by molar-refractivity contribution is 5.60. The van der Waals surface area contributed by atoms with Gasteiger partial charge in [-0.2, -0.15) is 4.98 Å². The van der Waals surface area contributed by atoms with Gasteiger partial charge < -0.3 is 15.5 Å². The average Bonchev–Trinajstić information content (AvgIpc) is 2.49. The van der Waals surface area contributed by atoms with Crippen molar-refractivity contribution in [1.82, 2.24) is 9.97 Å². The second-order valence-electron chi connectivity index (χ2n) is 4.74. The largest absolute Gasteiger partial charge is 0.347 e. The number of nitrogens with two attached hydrogens (primary N) is 1.